The fourth-order valence-corrected chi connectivity index (χ4v) is 2.42. The highest BCUT2D eigenvalue weighted by molar-refractivity contribution is 5.80. The first kappa shape index (κ1) is 15.4. The first-order valence-electron chi connectivity index (χ1n) is 6.91. The van der Waals surface area contributed by atoms with Crippen LogP contribution in [0.3, 0.4) is 0 Å². The third-order valence-electron chi connectivity index (χ3n) is 3.96. The van der Waals surface area contributed by atoms with Gasteiger partial charge in [0.2, 0.25) is 0 Å². The Balaban J connectivity index is 2.47. The van der Waals surface area contributed by atoms with E-state index < -0.39 is 5.54 Å². The van der Waals surface area contributed by atoms with Crippen LogP contribution in [0.4, 0.5) is 0 Å². The lowest BCUT2D eigenvalue weighted by Gasteiger charge is -2.29. The normalized spacial score (nSPS) is 22.7. The third-order valence-corrected chi connectivity index (χ3v) is 3.96. The molecule has 1 unspecified atom stereocenters. The predicted molar refractivity (Wildman–Crippen MR) is 73.6 cm³/mol. The highest BCUT2D eigenvalue weighted by Gasteiger charge is 2.35. The van der Waals surface area contributed by atoms with Crippen molar-refractivity contribution in [3.63, 3.8) is 0 Å². The second-order valence-electron chi connectivity index (χ2n) is 6.24. The lowest BCUT2D eigenvalue weighted by molar-refractivity contribution is -0.150. The molecule has 0 aromatic carbocycles. The SMILES string of the molecule is CCOC(=O)C(C)(CCN1CCC(C)(C)C1)NC. The zero-order valence-electron chi connectivity index (χ0n) is 12.5. The average Bonchev–Trinajstić information content (AvgIpc) is 2.66. The van der Waals surface area contributed by atoms with Crippen molar-refractivity contribution in [3.8, 4) is 0 Å². The van der Waals surface area contributed by atoms with Crippen molar-refractivity contribution in [2.45, 2.75) is 46.1 Å². The van der Waals surface area contributed by atoms with Crippen molar-refractivity contribution >= 4 is 5.97 Å². The van der Waals surface area contributed by atoms with E-state index in [1.165, 1.54) is 6.42 Å². The van der Waals surface area contributed by atoms with E-state index in [0.29, 0.717) is 12.0 Å². The van der Waals surface area contributed by atoms with E-state index in [0.717, 1.165) is 26.1 Å². The van der Waals surface area contributed by atoms with E-state index in [4.69, 9.17) is 4.74 Å². The van der Waals surface area contributed by atoms with Gasteiger partial charge in [-0.15, -0.1) is 0 Å². The molecule has 4 heteroatoms. The Kier molecular flexibility index (Phi) is 5.17. The molecule has 1 rings (SSSR count). The fourth-order valence-electron chi connectivity index (χ4n) is 2.42. The minimum Gasteiger partial charge on any atom is -0.465 e. The molecule has 1 atom stereocenters. The van der Waals surface area contributed by atoms with Crippen LogP contribution >= 0.6 is 0 Å². The van der Waals surface area contributed by atoms with Crippen LogP contribution in [0.1, 0.15) is 40.5 Å². The van der Waals surface area contributed by atoms with Gasteiger partial charge in [-0.05, 0) is 45.7 Å². The van der Waals surface area contributed by atoms with Crippen LogP contribution in [0.5, 0.6) is 0 Å². The Hall–Kier alpha value is -0.610. The zero-order valence-corrected chi connectivity index (χ0v) is 12.5. The number of esters is 1. The van der Waals surface area contributed by atoms with Gasteiger partial charge in [0.25, 0.3) is 0 Å². The summed E-state index contributed by atoms with van der Waals surface area (Å²) in [4.78, 5) is 14.4. The molecule has 1 fully saturated rings. The van der Waals surface area contributed by atoms with Gasteiger partial charge in [-0.1, -0.05) is 13.8 Å². The number of nitrogens with zero attached hydrogens (tertiary/aromatic N) is 1. The smallest absolute Gasteiger partial charge is 0.326 e. The molecule has 18 heavy (non-hydrogen) atoms. The average molecular weight is 256 g/mol. The molecule has 0 aliphatic carbocycles. The van der Waals surface area contributed by atoms with Crippen molar-refractivity contribution in [2.24, 2.45) is 5.41 Å². The Morgan fingerprint density at radius 2 is 2.17 bits per heavy atom. The zero-order chi connectivity index (χ0) is 13.8. The van der Waals surface area contributed by atoms with Crippen LogP contribution in [0.2, 0.25) is 0 Å². The summed E-state index contributed by atoms with van der Waals surface area (Å²) < 4.78 is 5.13. The molecule has 106 valence electrons. The molecule has 0 radical (unpaired) electrons. The van der Waals surface area contributed by atoms with E-state index in [2.05, 4.69) is 24.1 Å². The van der Waals surface area contributed by atoms with E-state index in [-0.39, 0.29) is 5.97 Å². The monoisotopic (exact) mass is 256 g/mol. The van der Waals surface area contributed by atoms with Crippen molar-refractivity contribution in [3.05, 3.63) is 0 Å². The van der Waals surface area contributed by atoms with Crippen LogP contribution in [-0.2, 0) is 9.53 Å². The summed E-state index contributed by atoms with van der Waals surface area (Å²) >= 11 is 0. The van der Waals surface area contributed by atoms with Crippen LogP contribution < -0.4 is 5.32 Å². The van der Waals surface area contributed by atoms with Crippen molar-refractivity contribution in [1.29, 1.82) is 0 Å². The summed E-state index contributed by atoms with van der Waals surface area (Å²) in [6.45, 7) is 12.0. The van der Waals surface area contributed by atoms with Crippen molar-refractivity contribution in [2.75, 3.05) is 33.3 Å². The molecule has 1 aliphatic rings. The largest absolute Gasteiger partial charge is 0.465 e. The summed E-state index contributed by atoms with van der Waals surface area (Å²) in [5.41, 5.74) is -0.150. The van der Waals surface area contributed by atoms with E-state index >= 15 is 0 Å². The number of likely N-dealkylation sites (tertiary alicyclic amines) is 1. The Morgan fingerprint density at radius 3 is 2.61 bits per heavy atom. The van der Waals surface area contributed by atoms with Gasteiger partial charge in [0, 0.05) is 13.1 Å². The lowest BCUT2D eigenvalue weighted by Crippen LogP contribution is -2.50. The Bertz CT molecular complexity index is 292. The number of carbonyl (C=O) groups is 1. The molecule has 1 N–H and O–H groups in total. The number of hydrogen-bond acceptors (Lipinski definition) is 4. The summed E-state index contributed by atoms with van der Waals surface area (Å²) in [6.07, 6.45) is 2.03. The summed E-state index contributed by atoms with van der Waals surface area (Å²) in [5, 5.41) is 3.11. The molecule has 1 saturated heterocycles. The summed E-state index contributed by atoms with van der Waals surface area (Å²) in [5.74, 6) is -0.147. The molecule has 0 spiro atoms. The molecular formula is C14H28N2O2. The van der Waals surface area contributed by atoms with Crippen molar-refractivity contribution in [1.82, 2.24) is 10.2 Å². The molecule has 0 aromatic heterocycles. The number of nitrogens with one attached hydrogen (secondary N) is 1. The summed E-state index contributed by atoms with van der Waals surface area (Å²) in [7, 11) is 1.82. The first-order chi connectivity index (χ1) is 8.33. The maximum absolute atomic E-state index is 11.9. The highest BCUT2D eigenvalue weighted by atomic mass is 16.5. The van der Waals surface area contributed by atoms with E-state index in [1.807, 2.05) is 20.9 Å². The van der Waals surface area contributed by atoms with Crippen LogP contribution in [0, 0.1) is 5.41 Å². The maximum atomic E-state index is 11.9. The molecule has 0 aromatic rings. The third kappa shape index (κ3) is 3.95. The number of rotatable bonds is 6. The Morgan fingerprint density at radius 1 is 1.50 bits per heavy atom. The van der Waals surface area contributed by atoms with Gasteiger partial charge >= 0.3 is 5.97 Å². The number of likely N-dealkylation sites (N-methyl/N-ethyl adjacent to an activating group) is 1. The topological polar surface area (TPSA) is 41.6 Å². The predicted octanol–water partition coefficient (Wildman–Crippen LogP) is 1.65. The van der Waals surface area contributed by atoms with Crippen LogP contribution in [0.15, 0.2) is 0 Å². The van der Waals surface area contributed by atoms with E-state index in [1.54, 1.807) is 0 Å². The van der Waals surface area contributed by atoms with Gasteiger partial charge in [0.1, 0.15) is 5.54 Å². The minimum atomic E-state index is -0.567. The molecule has 4 nitrogen and oxygen atoms in total. The molecule has 0 amide bonds. The van der Waals surface area contributed by atoms with Gasteiger partial charge < -0.3 is 15.0 Å². The van der Waals surface area contributed by atoms with Crippen molar-refractivity contribution < 1.29 is 9.53 Å². The van der Waals surface area contributed by atoms with Crippen LogP contribution in [-0.4, -0.2) is 49.7 Å². The molecule has 1 aliphatic heterocycles. The molecule has 1 heterocycles. The lowest BCUT2D eigenvalue weighted by atomic mass is 9.93. The molecule has 0 bridgehead atoms. The number of ether oxygens (including phenoxy) is 1. The molecular weight excluding hydrogens is 228 g/mol. The van der Waals surface area contributed by atoms with Gasteiger partial charge in [-0.3, -0.25) is 4.79 Å². The summed E-state index contributed by atoms with van der Waals surface area (Å²) in [6, 6.07) is 0. The minimum absolute atomic E-state index is 0.147. The van der Waals surface area contributed by atoms with E-state index in [9.17, 15) is 4.79 Å². The van der Waals surface area contributed by atoms with Gasteiger partial charge in [0.15, 0.2) is 0 Å². The fraction of sp³-hybridized carbons (Fsp3) is 0.929. The highest BCUT2D eigenvalue weighted by Crippen LogP contribution is 2.29. The van der Waals surface area contributed by atoms with Gasteiger partial charge in [0.05, 0.1) is 6.61 Å². The second kappa shape index (κ2) is 6.02. The number of hydrogen-bond donors (Lipinski definition) is 1. The molecule has 0 saturated carbocycles. The van der Waals surface area contributed by atoms with Gasteiger partial charge in [-0.2, -0.15) is 0 Å². The van der Waals surface area contributed by atoms with Crippen LogP contribution in [0.25, 0.3) is 0 Å². The first-order valence-corrected chi connectivity index (χ1v) is 6.91. The quantitative estimate of drug-likeness (QED) is 0.734. The Labute approximate surface area is 111 Å². The van der Waals surface area contributed by atoms with Gasteiger partial charge in [-0.25, -0.2) is 0 Å². The standard InChI is InChI=1S/C14H28N2O2/c1-6-18-12(17)14(4,15-5)8-10-16-9-7-13(2,3)11-16/h15H,6-11H2,1-5H3. The second-order valence-corrected chi connectivity index (χ2v) is 6.24. The maximum Gasteiger partial charge on any atom is 0.326 e. The number of carbonyl (C=O) groups excluding carboxylic acids is 1.